The maximum absolute atomic E-state index is 10.9. The summed E-state index contributed by atoms with van der Waals surface area (Å²) in [4.78, 5) is 13.3. The van der Waals surface area contributed by atoms with Gasteiger partial charge in [-0.25, -0.2) is 4.79 Å². The van der Waals surface area contributed by atoms with Crippen molar-refractivity contribution in [1.29, 1.82) is 0 Å². The number of carbonyl (C=O) groups is 1. The molecule has 2 rings (SSSR count). The van der Waals surface area contributed by atoms with Crippen LogP contribution in [0.3, 0.4) is 0 Å². The molecule has 98 valence electrons. The van der Waals surface area contributed by atoms with Gasteiger partial charge in [-0.15, -0.1) is 0 Å². The molecule has 0 aliphatic carbocycles. The van der Waals surface area contributed by atoms with Crippen molar-refractivity contribution in [2.45, 2.75) is 25.8 Å². The molecular formula is C14H19NO3. The zero-order valence-electron chi connectivity index (χ0n) is 10.8. The topological polar surface area (TPSA) is 49.8 Å². The van der Waals surface area contributed by atoms with Gasteiger partial charge in [0.1, 0.15) is 0 Å². The van der Waals surface area contributed by atoms with Gasteiger partial charge in [0.15, 0.2) is 0 Å². The summed E-state index contributed by atoms with van der Waals surface area (Å²) in [7, 11) is 1.71. The first-order valence-corrected chi connectivity index (χ1v) is 6.25. The van der Waals surface area contributed by atoms with E-state index in [2.05, 4.69) is 11.8 Å². The lowest BCUT2D eigenvalue weighted by Gasteiger charge is -2.27. The molecule has 1 aliphatic rings. The number of fused-ring (bicyclic) bond motifs is 1. The number of hydrogen-bond donors (Lipinski definition) is 1. The van der Waals surface area contributed by atoms with Crippen molar-refractivity contribution >= 4 is 11.7 Å². The fourth-order valence-electron chi connectivity index (χ4n) is 2.46. The van der Waals surface area contributed by atoms with Gasteiger partial charge < -0.3 is 14.7 Å². The monoisotopic (exact) mass is 249 g/mol. The second-order valence-corrected chi connectivity index (χ2v) is 4.72. The summed E-state index contributed by atoms with van der Waals surface area (Å²) in [6, 6.07) is 5.82. The highest BCUT2D eigenvalue weighted by atomic mass is 16.5. The number of nitrogens with zero attached hydrogens (tertiary/aromatic N) is 1. The van der Waals surface area contributed by atoms with E-state index in [0.29, 0.717) is 11.6 Å². The average molecular weight is 249 g/mol. The molecule has 4 heteroatoms. The molecule has 1 aromatic carbocycles. The predicted molar refractivity (Wildman–Crippen MR) is 70.4 cm³/mol. The van der Waals surface area contributed by atoms with Crippen molar-refractivity contribution in [2.24, 2.45) is 0 Å². The number of rotatable bonds is 5. The molecule has 1 aliphatic heterocycles. The third-order valence-electron chi connectivity index (χ3n) is 3.53. The van der Waals surface area contributed by atoms with E-state index in [1.54, 1.807) is 19.2 Å². The molecule has 0 aromatic heterocycles. The second-order valence-electron chi connectivity index (χ2n) is 4.72. The molecule has 4 nitrogen and oxygen atoms in total. The highest BCUT2D eigenvalue weighted by molar-refractivity contribution is 5.88. The lowest BCUT2D eigenvalue weighted by Crippen LogP contribution is -2.32. The minimum absolute atomic E-state index is 0.375. The normalized spacial score (nSPS) is 15.6. The number of carboxylic acid groups (broad SMARTS) is 1. The Hall–Kier alpha value is -1.55. The fraction of sp³-hybridized carbons (Fsp3) is 0.500. The summed E-state index contributed by atoms with van der Waals surface area (Å²) in [6.07, 6.45) is 1.91. The Morgan fingerprint density at radius 2 is 2.33 bits per heavy atom. The number of aromatic carboxylic acids is 1. The Balaban J connectivity index is 2.16. The highest BCUT2D eigenvalue weighted by Crippen LogP contribution is 2.31. The van der Waals surface area contributed by atoms with Gasteiger partial charge in [0.2, 0.25) is 0 Å². The van der Waals surface area contributed by atoms with Gasteiger partial charge in [-0.05, 0) is 43.5 Å². The van der Waals surface area contributed by atoms with Crippen LogP contribution in [0.4, 0.5) is 5.69 Å². The van der Waals surface area contributed by atoms with Crippen molar-refractivity contribution in [3.63, 3.8) is 0 Å². The zero-order valence-corrected chi connectivity index (χ0v) is 10.8. The molecular weight excluding hydrogens is 230 g/mol. The predicted octanol–water partition coefficient (Wildman–Crippen LogP) is 2.17. The van der Waals surface area contributed by atoms with Crippen LogP contribution in [0.5, 0.6) is 0 Å². The van der Waals surface area contributed by atoms with Crippen molar-refractivity contribution in [3.8, 4) is 0 Å². The summed E-state index contributed by atoms with van der Waals surface area (Å²) < 4.78 is 5.11. The molecule has 0 radical (unpaired) electrons. The van der Waals surface area contributed by atoms with E-state index in [9.17, 15) is 4.79 Å². The van der Waals surface area contributed by atoms with E-state index in [1.165, 1.54) is 5.69 Å². The molecule has 1 heterocycles. The van der Waals surface area contributed by atoms with Gasteiger partial charge in [0.05, 0.1) is 5.56 Å². The van der Waals surface area contributed by atoms with Crippen LogP contribution in [0.25, 0.3) is 0 Å². The summed E-state index contributed by atoms with van der Waals surface area (Å²) in [6.45, 7) is 3.89. The molecule has 0 bridgehead atoms. The summed E-state index contributed by atoms with van der Waals surface area (Å²) >= 11 is 0. The van der Waals surface area contributed by atoms with E-state index in [4.69, 9.17) is 9.84 Å². The molecule has 0 amide bonds. The maximum Gasteiger partial charge on any atom is 0.335 e. The smallest absolute Gasteiger partial charge is 0.335 e. The van der Waals surface area contributed by atoms with Crippen molar-refractivity contribution < 1.29 is 14.6 Å². The number of ether oxygens (including phenoxy) is 1. The average Bonchev–Trinajstić information content (AvgIpc) is 2.78. The van der Waals surface area contributed by atoms with Crippen molar-refractivity contribution in [2.75, 3.05) is 25.2 Å². The SMILES string of the molecule is COCCC(C)N1CCc2cc(C(=O)O)ccc21. The minimum Gasteiger partial charge on any atom is -0.478 e. The van der Waals surface area contributed by atoms with Crippen molar-refractivity contribution in [3.05, 3.63) is 29.3 Å². The Bertz CT molecular complexity index is 445. The molecule has 18 heavy (non-hydrogen) atoms. The Labute approximate surface area is 107 Å². The molecule has 0 fully saturated rings. The zero-order chi connectivity index (χ0) is 13.1. The van der Waals surface area contributed by atoms with E-state index in [-0.39, 0.29) is 0 Å². The summed E-state index contributed by atoms with van der Waals surface area (Å²) in [5, 5.41) is 8.98. The number of anilines is 1. The highest BCUT2D eigenvalue weighted by Gasteiger charge is 2.24. The number of carboxylic acids is 1. The van der Waals surface area contributed by atoms with Crippen LogP contribution >= 0.6 is 0 Å². The van der Waals surface area contributed by atoms with Crippen LogP contribution in [0, 0.1) is 0 Å². The number of methoxy groups -OCH3 is 1. The standard InChI is InChI=1S/C14H19NO3/c1-10(6-8-18-2)15-7-5-11-9-12(14(16)17)3-4-13(11)15/h3-4,9-10H,5-8H2,1-2H3,(H,16,17). The molecule has 1 atom stereocenters. The van der Waals surface area contributed by atoms with Gasteiger partial charge in [0, 0.05) is 32.0 Å². The first-order valence-electron chi connectivity index (χ1n) is 6.25. The van der Waals surface area contributed by atoms with Gasteiger partial charge in [0.25, 0.3) is 0 Å². The van der Waals surface area contributed by atoms with Crippen LogP contribution in [0.1, 0.15) is 29.3 Å². The number of hydrogen-bond acceptors (Lipinski definition) is 3. The van der Waals surface area contributed by atoms with Gasteiger partial charge in [-0.3, -0.25) is 0 Å². The van der Waals surface area contributed by atoms with E-state index >= 15 is 0 Å². The summed E-state index contributed by atoms with van der Waals surface area (Å²) in [5.41, 5.74) is 2.68. The molecule has 0 saturated heterocycles. The Kier molecular flexibility index (Phi) is 3.87. The lowest BCUT2D eigenvalue weighted by atomic mass is 10.1. The molecule has 0 spiro atoms. The van der Waals surface area contributed by atoms with Gasteiger partial charge in [-0.1, -0.05) is 0 Å². The van der Waals surface area contributed by atoms with Crippen LogP contribution in [0.15, 0.2) is 18.2 Å². The van der Waals surface area contributed by atoms with Crippen LogP contribution < -0.4 is 4.90 Å². The largest absolute Gasteiger partial charge is 0.478 e. The number of benzene rings is 1. The van der Waals surface area contributed by atoms with Crippen LogP contribution in [-0.2, 0) is 11.2 Å². The second kappa shape index (κ2) is 5.40. The lowest BCUT2D eigenvalue weighted by molar-refractivity contribution is 0.0697. The van der Waals surface area contributed by atoms with Gasteiger partial charge in [-0.2, -0.15) is 0 Å². The molecule has 1 N–H and O–H groups in total. The van der Waals surface area contributed by atoms with E-state index in [1.807, 2.05) is 6.07 Å². The summed E-state index contributed by atoms with van der Waals surface area (Å²) in [5.74, 6) is -0.858. The maximum atomic E-state index is 10.9. The van der Waals surface area contributed by atoms with Crippen molar-refractivity contribution in [1.82, 2.24) is 0 Å². The van der Waals surface area contributed by atoms with E-state index < -0.39 is 5.97 Å². The third kappa shape index (κ3) is 2.48. The molecule has 0 saturated carbocycles. The minimum atomic E-state index is -0.858. The quantitative estimate of drug-likeness (QED) is 0.869. The van der Waals surface area contributed by atoms with Crippen LogP contribution in [-0.4, -0.2) is 37.4 Å². The molecule has 1 unspecified atom stereocenters. The van der Waals surface area contributed by atoms with Crippen LogP contribution in [0.2, 0.25) is 0 Å². The Morgan fingerprint density at radius 3 is 3.00 bits per heavy atom. The first-order chi connectivity index (χ1) is 8.63. The van der Waals surface area contributed by atoms with E-state index in [0.717, 1.165) is 31.6 Å². The van der Waals surface area contributed by atoms with Gasteiger partial charge >= 0.3 is 5.97 Å². The Morgan fingerprint density at radius 1 is 1.56 bits per heavy atom. The first kappa shape index (κ1) is 12.9. The fourth-order valence-corrected chi connectivity index (χ4v) is 2.46. The molecule has 1 aromatic rings. The third-order valence-corrected chi connectivity index (χ3v) is 3.53.